The Morgan fingerprint density at radius 3 is 2.48 bits per heavy atom. The van der Waals surface area contributed by atoms with Crippen LogP contribution >= 0.6 is 0 Å². The topological polar surface area (TPSA) is 97.6 Å². The Labute approximate surface area is 192 Å². The summed E-state index contributed by atoms with van der Waals surface area (Å²) >= 11 is 0. The number of hydrogen-bond donors (Lipinski definition) is 2. The molecule has 2 amide bonds. The average Bonchev–Trinajstić information content (AvgIpc) is 3.34. The third kappa shape index (κ3) is 5.14. The second-order valence-corrected chi connectivity index (χ2v) is 8.31. The lowest BCUT2D eigenvalue weighted by atomic mass is 9.64. The van der Waals surface area contributed by atoms with Gasteiger partial charge < -0.3 is 19.8 Å². The highest BCUT2D eigenvalue weighted by molar-refractivity contribution is 6.03. The molecule has 7 nitrogen and oxygen atoms in total. The molecule has 0 bridgehead atoms. The molecule has 1 aromatic heterocycles. The molecule has 0 unspecified atom stereocenters. The summed E-state index contributed by atoms with van der Waals surface area (Å²) in [6, 6.07) is 18.2. The van der Waals surface area contributed by atoms with Crippen LogP contribution < -0.4 is 10.6 Å². The van der Waals surface area contributed by atoms with Gasteiger partial charge in [-0.05, 0) is 55.2 Å². The molecule has 0 spiro atoms. The number of carbonyl (C=O) groups is 3. The number of aryl methyl sites for hydroxylation is 1. The zero-order valence-electron chi connectivity index (χ0n) is 18.4. The number of nitrogens with one attached hydrogen (secondary N) is 2. The summed E-state index contributed by atoms with van der Waals surface area (Å²) in [5.41, 5.74) is 2.65. The second kappa shape index (κ2) is 9.73. The largest absolute Gasteiger partial charge is 0.459 e. The summed E-state index contributed by atoms with van der Waals surface area (Å²) < 4.78 is 10.3. The molecule has 2 aromatic carbocycles. The summed E-state index contributed by atoms with van der Waals surface area (Å²) in [7, 11) is 0. The normalized spacial score (nSPS) is 14.1. The summed E-state index contributed by atoms with van der Waals surface area (Å²) in [5, 5.41) is 5.63. The predicted molar refractivity (Wildman–Crippen MR) is 123 cm³/mol. The van der Waals surface area contributed by atoms with Gasteiger partial charge in [0.2, 0.25) is 0 Å². The minimum Gasteiger partial charge on any atom is -0.459 e. The first-order valence-electron chi connectivity index (χ1n) is 10.9. The third-order valence-electron chi connectivity index (χ3n) is 6.12. The van der Waals surface area contributed by atoms with E-state index in [0.717, 1.165) is 24.8 Å². The molecule has 33 heavy (non-hydrogen) atoms. The molecule has 4 rings (SSSR count). The van der Waals surface area contributed by atoms with E-state index in [1.54, 1.807) is 24.3 Å². The van der Waals surface area contributed by atoms with Gasteiger partial charge in [0.25, 0.3) is 11.8 Å². The van der Waals surface area contributed by atoms with Crippen molar-refractivity contribution in [2.24, 2.45) is 0 Å². The molecule has 1 fully saturated rings. The van der Waals surface area contributed by atoms with Crippen LogP contribution in [-0.4, -0.2) is 30.9 Å². The van der Waals surface area contributed by atoms with Crippen LogP contribution in [0.5, 0.6) is 0 Å². The maximum atomic E-state index is 12.5. The van der Waals surface area contributed by atoms with Crippen molar-refractivity contribution in [3.05, 3.63) is 89.4 Å². The van der Waals surface area contributed by atoms with E-state index in [9.17, 15) is 14.4 Å². The lowest BCUT2D eigenvalue weighted by Crippen LogP contribution is -2.46. The van der Waals surface area contributed by atoms with Gasteiger partial charge >= 0.3 is 5.97 Å². The van der Waals surface area contributed by atoms with Gasteiger partial charge in [0.15, 0.2) is 12.4 Å². The first-order valence-corrected chi connectivity index (χ1v) is 10.9. The number of furan rings is 1. The molecule has 0 saturated heterocycles. The van der Waals surface area contributed by atoms with Crippen molar-refractivity contribution in [2.45, 2.75) is 31.6 Å². The van der Waals surface area contributed by atoms with Gasteiger partial charge in [0.1, 0.15) is 0 Å². The Bertz CT molecular complexity index is 1130. The first-order chi connectivity index (χ1) is 16.0. The predicted octanol–water partition coefficient (Wildman–Crippen LogP) is 4.24. The van der Waals surface area contributed by atoms with Crippen LogP contribution in [0.25, 0.3) is 0 Å². The van der Waals surface area contributed by atoms with Crippen LogP contribution in [0.4, 0.5) is 5.69 Å². The number of carbonyl (C=O) groups excluding carboxylic acids is 3. The zero-order chi connectivity index (χ0) is 23.3. The number of benzene rings is 2. The highest BCUT2D eigenvalue weighted by atomic mass is 16.5. The molecular formula is C26H26N2O5. The van der Waals surface area contributed by atoms with Crippen molar-refractivity contribution in [1.29, 1.82) is 0 Å². The summed E-state index contributed by atoms with van der Waals surface area (Å²) in [6.07, 6.45) is 4.58. The Balaban J connectivity index is 1.31. The van der Waals surface area contributed by atoms with Crippen LogP contribution in [-0.2, 0) is 14.9 Å². The van der Waals surface area contributed by atoms with E-state index in [-0.39, 0.29) is 29.3 Å². The van der Waals surface area contributed by atoms with Crippen molar-refractivity contribution in [3.63, 3.8) is 0 Å². The third-order valence-corrected chi connectivity index (χ3v) is 6.12. The summed E-state index contributed by atoms with van der Waals surface area (Å²) in [4.78, 5) is 37.1. The van der Waals surface area contributed by atoms with E-state index in [2.05, 4.69) is 22.8 Å². The van der Waals surface area contributed by atoms with E-state index in [0.29, 0.717) is 12.2 Å². The fourth-order valence-electron chi connectivity index (χ4n) is 3.97. The lowest BCUT2D eigenvalue weighted by Gasteiger charge is -2.42. The number of hydrogen-bond acceptors (Lipinski definition) is 5. The number of rotatable bonds is 8. The molecule has 0 radical (unpaired) electrons. The van der Waals surface area contributed by atoms with Crippen LogP contribution in [0.2, 0.25) is 0 Å². The van der Waals surface area contributed by atoms with Gasteiger partial charge in [-0.1, -0.05) is 42.8 Å². The highest BCUT2D eigenvalue weighted by Gasteiger charge is 2.38. The monoisotopic (exact) mass is 446 g/mol. The molecule has 1 aliphatic rings. The standard InChI is InChI=1S/C26H26N2O5/c1-18-10-11-19(15-21(18)28-24(30)22-9-5-14-32-22)25(31)33-16-23(29)27-17-26(12-6-13-26)20-7-3-2-4-8-20/h2-5,7-11,14-15H,6,12-13,16-17H2,1H3,(H,27,29)(H,28,30). The van der Waals surface area contributed by atoms with E-state index >= 15 is 0 Å². The second-order valence-electron chi connectivity index (χ2n) is 8.31. The van der Waals surface area contributed by atoms with Crippen LogP contribution in [0.3, 0.4) is 0 Å². The first kappa shape index (κ1) is 22.3. The quantitative estimate of drug-likeness (QED) is 0.505. The van der Waals surface area contributed by atoms with Crippen molar-refractivity contribution in [2.75, 3.05) is 18.5 Å². The SMILES string of the molecule is Cc1ccc(C(=O)OCC(=O)NCC2(c3ccccc3)CCC2)cc1NC(=O)c1ccco1. The molecule has 1 heterocycles. The molecule has 3 aromatic rings. The lowest BCUT2D eigenvalue weighted by molar-refractivity contribution is -0.124. The summed E-state index contributed by atoms with van der Waals surface area (Å²) in [6.45, 7) is 1.95. The van der Waals surface area contributed by atoms with Crippen LogP contribution in [0.1, 0.15) is 51.3 Å². The van der Waals surface area contributed by atoms with E-state index in [4.69, 9.17) is 9.15 Å². The molecule has 7 heteroatoms. The highest BCUT2D eigenvalue weighted by Crippen LogP contribution is 2.43. The number of esters is 1. The van der Waals surface area contributed by atoms with E-state index < -0.39 is 11.9 Å². The molecule has 2 N–H and O–H groups in total. The molecule has 1 aliphatic carbocycles. The molecule has 0 atom stereocenters. The van der Waals surface area contributed by atoms with Crippen LogP contribution in [0, 0.1) is 6.92 Å². The smallest absolute Gasteiger partial charge is 0.338 e. The van der Waals surface area contributed by atoms with Gasteiger partial charge in [-0.15, -0.1) is 0 Å². The summed E-state index contributed by atoms with van der Waals surface area (Å²) in [5.74, 6) is -1.24. The van der Waals surface area contributed by atoms with Gasteiger partial charge in [-0.2, -0.15) is 0 Å². The van der Waals surface area contributed by atoms with Crippen molar-refractivity contribution >= 4 is 23.5 Å². The Morgan fingerprint density at radius 2 is 1.82 bits per heavy atom. The number of anilines is 1. The molecular weight excluding hydrogens is 420 g/mol. The maximum absolute atomic E-state index is 12.5. The Kier molecular flexibility index (Phi) is 6.58. The number of ether oxygens (including phenoxy) is 1. The zero-order valence-corrected chi connectivity index (χ0v) is 18.4. The van der Waals surface area contributed by atoms with Gasteiger partial charge in [-0.3, -0.25) is 9.59 Å². The van der Waals surface area contributed by atoms with E-state index in [1.807, 2.05) is 25.1 Å². The Hall–Kier alpha value is -3.87. The minimum atomic E-state index is -0.639. The van der Waals surface area contributed by atoms with Gasteiger partial charge in [0, 0.05) is 17.6 Å². The average molecular weight is 447 g/mol. The Morgan fingerprint density at radius 1 is 1.03 bits per heavy atom. The van der Waals surface area contributed by atoms with Crippen molar-refractivity contribution in [1.82, 2.24) is 5.32 Å². The fourth-order valence-corrected chi connectivity index (χ4v) is 3.97. The molecule has 0 aliphatic heterocycles. The minimum absolute atomic E-state index is 0.0427. The fraction of sp³-hybridized carbons (Fsp3) is 0.269. The van der Waals surface area contributed by atoms with E-state index in [1.165, 1.54) is 17.9 Å². The van der Waals surface area contributed by atoms with Crippen LogP contribution in [0.15, 0.2) is 71.3 Å². The maximum Gasteiger partial charge on any atom is 0.338 e. The molecule has 1 saturated carbocycles. The van der Waals surface area contributed by atoms with Gasteiger partial charge in [-0.25, -0.2) is 4.79 Å². The van der Waals surface area contributed by atoms with Gasteiger partial charge in [0.05, 0.1) is 11.8 Å². The number of amides is 2. The van der Waals surface area contributed by atoms with Crippen molar-refractivity contribution in [3.8, 4) is 0 Å². The van der Waals surface area contributed by atoms with Crippen molar-refractivity contribution < 1.29 is 23.5 Å². The molecule has 170 valence electrons.